The molecule has 1 aliphatic heterocycles. The molecule has 4 nitrogen and oxygen atoms in total. The van der Waals surface area contributed by atoms with Crippen LogP contribution in [-0.2, 0) is 0 Å². The highest BCUT2D eigenvalue weighted by Gasteiger charge is 2.28. The lowest BCUT2D eigenvalue weighted by Gasteiger charge is -2.30. The monoisotopic (exact) mass is 383 g/mol. The summed E-state index contributed by atoms with van der Waals surface area (Å²) in [6.45, 7) is 4.13. The lowest BCUT2D eigenvalue weighted by atomic mass is 10.0. The molecule has 1 unspecified atom stereocenters. The highest BCUT2D eigenvalue weighted by Crippen LogP contribution is 2.41. The zero-order valence-corrected chi connectivity index (χ0v) is 15.4. The van der Waals surface area contributed by atoms with Crippen LogP contribution in [0.1, 0.15) is 23.0 Å². The minimum atomic E-state index is -0.114. The summed E-state index contributed by atoms with van der Waals surface area (Å²) in [5.41, 5.74) is 6.69. The Kier molecular flexibility index (Phi) is 3.61. The van der Waals surface area contributed by atoms with Crippen molar-refractivity contribution in [1.29, 1.82) is 0 Å². The van der Waals surface area contributed by atoms with E-state index in [0.717, 1.165) is 32.9 Å². The Bertz CT molecular complexity index is 932. The van der Waals surface area contributed by atoms with E-state index in [2.05, 4.69) is 58.5 Å². The first kappa shape index (κ1) is 15.3. The highest BCUT2D eigenvalue weighted by atomic mass is 79.9. The lowest BCUT2D eigenvalue weighted by molar-refractivity contribution is 0.401. The third-order valence-electron chi connectivity index (χ3n) is 4.33. The second-order valence-electron chi connectivity index (χ2n) is 6.10. The number of hydrogen-bond donors (Lipinski definition) is 1. The Morgan fingerprint density at radius 2 is 1.96 bits per heavy atom. The molecule has 0 fully saturated rings. The molecule has 1 aliphatic rings. The van der Waals surface area contributed by atoms with E-state index in [0.29, 0.717) is 0 Å². The number of halogens is 1. The zero-order valence-electron chi connectivity index (χ0n) is 13.8. The first-order valence-corrected chi connectivity index (χ1v) is 8.63. The van der Waals surface area contributed by atoms with Crippen LogP contribution in [-0.4, -0.2) is 16.9 Å². The van der Waals surface area contributed by atoms with Crippen molar-refractivity contribution < 1.29 is 4.74 Å². The number of ether oxygens (including phenoxy) is 1. The van der Waals surface area contributed by atoms with Gasteiger partial charge < -0.3 is 10.1 Å². The van der Waals surface area contributed by atoms with Gasteiger partial charge in [0.05, 0.1) is 18.5 Å². The van der Waals surface area contributed by atoms with Gasteiger partial charge in [-0.2, -0.15) is 5.10 Å². The summed E-state index contributed by atoms with van der Waals surface area (Å²) >= 11 is 3.57. The summed E-state index contributed by atoms with van der Waals surface area (Å²) < 4.78 is 8.64. The zero-order chi connectivity index (χ0) is 16.8. The standard InChI is InChI=1S/C19H18BrN3O/c1-11-4-6-16-14(8-11)17-9-12(2)22-23(17)19(21-16)15-10-13(20)5-7-18(15)24-3/h4-10,19,21H,1-3H3. The van der Waals surface area contributed by atoms with Crippen molar-refractivity contribution in [2.45, 2.75) is 20.0 Å². The largest absolute Gasteiger partial charge is 0.496 e. The normalized spacial score (nSPS) is 15.4. The van der Waals surface area contributed by atoms with Crippen LogP contribution in [0.15, 0.2) is 46.9 Å². The maximum absolute atomic E-state index is 5.58. The SMILES string of the molecule is COc1ccc(Br)cc1C1Nc2ccc(C)cc2-c2cc(C)nn21. The van der Waals surface area contributed by atoms with Crippen molar-refractivity contribution in [2.24, 2.45) is 0 Å². The number of nitrogens with zero attached hydrogens (tertiary/aromatic N) is 2. The maximum Gasteiger partial charge on any atom is 0.150 e. The molecule has 0 radical (unpaired) electrons. The smallest absolute Gasteiger partial charge is 0.150 e. The fraction of sp³-hybridized carbons (Fsp3) is 0.211. The fourth-order valence-corrected chi connectivity index (χ4v) is 3.63. The third-order valence-corrected chi connectivity index (χ3v) is 4.83. The lowest BCUT2D eigenvalue weighted by Crippen LogP contribution is -2.26. The van der Waals surface area contributed by atoms with Crippen LogP contribution >= 0.6 is 15.9 Å². The number of aromatic nitrogens is 2. The van der Waals surface area contributed by atoms with Crippen LogP contribution in [0.25, 0.3) is 11.3 Å². The summed E-state index contributed by atoms with van der Waals surface area (Å²) in [4.78, 5) is 0. The predicted octanol–water partition coefficient (Wildman–Crippen LogP) is 4.91. The molecular formula is C19H18BrN3O. The molecule has 4 rings (SSSR count). The Morgan fingerprint density at radius 1 is 1.12 bits per heavy atom. The number of nitrogens with one attached hydrogen (secondary N) is 1. The van der Waals surface area contributed by atoms with Gasteiger partial charge in [0.25, 0.3) is 0 Å². The first-order chi connectivity index (χ1) is 11.6. The summed E-state index contributed by atoms with van der Waals surface area (Å²) in [7, 11) is 1.70. The summed E-state index contributed by atoms with van der Waals surface area (Å²) in [5.74, 6) is 0.838. The first-order valence-electron chi connectivity index (χ1n) is 7.84. The fourth-order valence-electron chi connectivity index (χ4n) is 3.25. The number of aryl methyl sites for hydroxylation is 2. The highest BCUT2D eigenvalue weighted by molar-refractivity contribution is 9.10. The number of rotatable bonds is 2. The average molecular weight is 384 g/mol. The number of anilines is 1. The van der Waals surface area contributed by atoms with E-state index in [-0.39, 0.29) is 6.17 Å². The van der Waals surface area contributed by atoms with E-state index in [1.165, 1.54) is 11.1 Å². The quantitative estimate of drug-likeness (QED) is 0.682. The molecular weight excluding hydrogens is 366 g/mol. The van der Waals surface area contributed by atoms with Crippen LogP contribution in [0.2, 0.25) is 0 Å². The summed E-state index contributed by atoms with van der Waals surface area (Å²) in [5, 5.41) is 8.34. The molecule has 0 aliphatic carbocycles. The van der Waals surface area contributed by atoms with E-state index < -0.39 is 0 Å². The van der Waals surface area contributed by atoms with Gasteiger partial charge in [-0.3, -0.25) is 0 Å². The molecule has 0 saturated heterocycles. The van der Waals surface area contributed by atoms with Gasteiger partial charge >= 0.3 is 0 Å². The molecule has 24 heavy (non-hydrogen) atoms. The number of methoxy groups -OCH3 is 1. The van der Waals surface area contributed by atoms with Gasteiger partial charge in [-0.25, -0.2) is 4.68 Å². The van der Waals surface area contributed by atoms with Gasteiger partial charge in [0.2, 0.25) is 0 Å². The molecule has 2 heterocycles. The van der Waals surface area contributed by atoms with Crippen molar-refractivity contribution in [3.63, 3.8) is 0 Å². The van der Waals surface area contributed by atoms with Gasteiger partial charge in [-0.1, -0.05) is 27.6 Å². The van der Waals surface area contributed by atoms with Crippen molar-refractivity contribution in [3.8, 4) is 17.0 Å². The van der Waals surface area contributed by atoms with E-state index in [1.54, 1.807) is 7.11 Å². The molecule has 1 aromatic heterocycles. The minimum absolute atomic E-state index is 0.114. The van der Waals surface area contributed by atoms with Crippen LogP contribution in [0.4, 0.5) is 5.69 Å². The summed E-state index contributed by atoms with van der Waals surface area (Å²) in [6, 6.07) is 14.6. The Morgan fingerprint density at radius 3 is 2.75 bits per heavy atom. The van der Waals surface area contributed by atoms with Crippen molar-refractivity contribution >= 4 is 21.6 Å². The number of benzene rings is 2. The van der Waals surface area contributed by atoms with E-state index >= 15 is 0 Å². The molecule has 1 N–H and O–H groups in total. The predicted molar refractivity (Wildman–Crippen MR) is 99.6 cm³/mol. The summed E-state index contributed by atoms with van der Waals surface area (Å²) in [6.07, 6.45) is -0.114. The van der Waals surface area contributed by atoms with E-state index in [9.17, 15) is 0 Å². The molecule has 3 aromatic rings. The van der Waals surface area contributed by atoms with Gasteiger partial charge in [0, 0.05) is 21.3 Å². The third kappa shape index (κ3) is 2.40. The molecule has 0 saturated carbocycles. The number of fused-ring (bicyclic) bond motifs is 3. The number of hydrogen-bond acceptors (Lipinski definition) is 3. The topological polar surface area (TPSA) is 39.1 Å². The molecule has 122 valence electrons. The van der Waals surface area contributed by atoms with Crippen LogP contribution < -0.4 is 10.1 Å². The minimum Gasteiger partial charge on any atom is -0.496 e. The Labute approximate surface area is 149 Å². The van der Waals surface area contributed by atoms with Gasteiger partial charge in [0.15, 0.2) is 6.17 Å². The molecule has 5 heteroatoms. The Hall–Kier alpha value is -2.27. The van der Waals surface area contributed by atoms with Gasteiger partial charge in [-0.15, -0.1) is 0 Å². The van der Waals surface area contributed by atoms with Crippen molar-refractivity contribution in [1.82, 2.24) is 9.78 Å². The molecule has 0 amide bonds. The van der Waals surface area contributed by atoms with E-state index in [4.69, 9.17) is 9.84 Å². The van der Waals surface area contributed by atoms with Crippen LogP contribution in [0.3, 0.4) is 0 Å². The van der Waals surface area contributed by atoms with E-state index in [1.807, 2.05) is 23.7 Å². The average Bonchev–Trinajstić information content (AvgIpc) is 2.96. The van der Waals surface area contributed by atoms with Gasteiger partial charge in [0.1, 0.15) is 5.75 Å². The van der Waals surface area contributed by atoms with Crippen molar-refractivity contribution in [2.75, 3.05) is 12.4 Å². The van der Waals surface area contributed by atoms with Crippen LogP contribution in [0.5, 0.6) is 5.75 Å². The molecule has 2 aromatic carbocycles. The molecule has 0 bridgehead atoms. The Balaban J connectivity index is 1.93. The second kappa shape index (κ2) is 5.67. The maximum atomic E-state index is 5.58. The second-order valence-corrected chi connectivity index (χ2v) is 7.01. The van der Waals surface area contributed by atoms with Gasteiger partial charge in [-0.05, 0) is 50.2 Å². The van der Waals surface area contributed by atoms with Crippen LogP contribution in [0, 0.1) is 13.8 Å². The van der Waals surface area contributed by atoms with Crippen molar-refractivity contribution in [3.05, 3.63) is 63.8 Å². The molecule has 0 spiro atoms. The molecule has 1 atom stereocenters.